The third kappa shape index (κ3) is 2.76. The number of morpholine rings is 1. The summed E-state index contributed by atoms with van der Waals surface area (Å²) in [5, 5.41) is 9.13. The lowest BCUT2D eigenvalue weighted by atomic mass is 9.93. The highest BCUT2D eigenvalue weighted by Gasteiger charge is 2.35. The van der Waals surface area contributed by atoms with Crippen LogP contribution in [0.3, 0.4) is 0 Å². The van der Waals surface area contributed by atoms with Crippen LogP contribution >= 0.6 is 0 Å². The van der Waals surface area contributed by atoms with Gasteiger partial charge in [0.15, 0.2) is 11.9 Å². The minimum atomic E-state index is -1.08. The van der Waals surface area contributed by atoms with Crippen molar-refractivity contribution in [1.82, 2.24) is 9.88 Å². The van der Waals surface area contributed by atoms with Gasteiger partial charge in [-0.25, -0.2) is 4.79 Å². The Kier molecular flexibility index (Phi) is 3.97. The minimum Gasteiger partial charge on any atom is -0.479 e. The Labute approximate surface area is 133 Å². The number of carbonyl (C=O) groups excluding carboxylic acids is 2. The lowest BCUT2D eigenvalue weighted by molar-refractivity contribution is -0.160. The number of fused-ring (bicyclic) bond motifs is 1. The number of aromatic amines is 1. The molecule has 1 aromatic rings. The smallest absolute Gasteiger partial charge is 0.334 e. The zero-order valence-corrected chi connectivity index (χ0v) is 13.2. The number of ether oxygens (including phenoxy) is 1. The van der Waals surface area contributed by atoms with Crippen LogP contribution in [0.4, 0.5) is 0 Å². The van der Waals surface area contributed by atoms with Crippen molar-refractivity contribution in [1.29, 1.82) is 0 Å². The van der Waals surface area contributed by atoms with E-state index in [4.69, 9.17) is 9.84 Å². The lowest BCUT2D eigenvalue weighted by Gasteiger charge is -2.34. The maximum Gasteiger partial charge on any atom is 0.334 e. The third-order valence-electron chi connectivity index (χ3n) is 4.47. The van der Waals surface area contributed by atoms with Gasteiger partial charge in [-0.3, -0.25) is 9.59 Å². The molecule has 1 aliphatic carbocycles. The highest BCUT2D eigenvalue weighted by Crippen LogP contribution is 2.27. The number of carboxylic acids is 1. The topological polar surface area (TPSA) is 99.7 Å². The standard InChI is InChI=1S/C16H20N2O5/c1-8-6-18(7-12(23-8)16(21)22)15(20)14-9(2)13-10(17-14)4-3-5-11(13)19/h8,12,17H,3-7H2,1-2H3,(H,21,22)/t8-,12?/m1/s1. The average molecular weight is 320 g/mol. The first-order valence-corrected chi connectivity index (χ1v) is 7.80. The van der Waals surface area contributed by atoms with E-state index in [0.29, 0.717) is 29.8 Å². The van der Waals surface area contributed by atoms with Crippen LogP contribution in [0.2, 0.25) is 0 Å². The normalized spacial score (nSPS) is 24.4. The molecule has 1 amide bonds. The number of amides is 1. The highest BCUT2D eigenvalue weighted by molar-refractivity contribution is 6.04. The average Bonchev–Trinajstić information content (AvgIpc) is 2.84. The van der Waals surface area contributed by atoms with E-state index < -0.39 is 12.1 Å². The number of carbonyl (C=O) groups is 3. The maximum atomic E-state index is 12.8. The van der Waals surface area contributed by atoms with Gasteiger partial charge in [-0.2, -0.15) is 0 Å². The summed E-state index contributed by atoms with van der Waals surface area (Å²) in [6.07, 6.45) is 0.686. The summed E-state index contributed by atoms with van der Waals surface area (Å²) in [4.78, 5) is 40.6. The van der Waals surface area contributed by atoms with E-state index in [2.05, 4.69) is 4.98 Å². The van der Waals surface area contributed by atoms with Crippen LogP contribution in [-0.2, 0) is 16.0 Å². The predicted molar refractivity (Wildman–Crippen MR) is 80.7 cm³/mol. The van der Waals surface area contributed by atoms with Crippen LogP contribution in [0, 0.1) is 6.92 Å². The SMILES string of the molecule is Cc1c(C(=O)N2CC(C(=O)O)O[C@H](C)C2)[nH]c2c1C(=O)CCC2. The Morgan fingerprint density at radius 2 is 2.04 bits per heavy atom. The second kappa shape index (κ2) is 5.81. The first-order valence-electron chi connectivity index (χ1n) is 7.80. The van der Waals surface area contributed by atoms with E-state index in [1.54, 1.807) is 13.8 Å². The molecule has 0 spiro atoms. The quantitative estimate of drug-likeness (QED) is 0.851. The van der Waals surface area contributed by atoms with Gasteiger partial charge in [0.25, 0.3) is 5.91 Å². The van der Waals surface area contributed by atoms with Gasteiger partial charge in [0, 0.05) is 24.2 Å². The minimum absolute atomic E-state index is 0.00950. The van der Waals surface area contributed by atoms with Gasteiger partial charge in [0.2, 0.25) is 0 Å². The molecule has 2 atom stereocenters. The van der Waals surface area contributed by atoms with E-state index in [0.717, 1.165) is 18.5 Å². The van der Waals surface area contributed by atoms with Crippen molar-refractivity contribution in [2.45, 2.75) is 45.3 Å². The molecule has 1 unspecified atom stereocenters. The van der Waals surface area contributed by atoms with Crippen molar-refractivity contribution in [3.63, 3.8) is 0 Å². The number of hydrogen-bond donors (Lipinski definition) is 2. The number of rotatable bonds is 2. The van der Waals surface area contributed by atoms with Gasteiger partial charge in [-0.1, -0.05) is 0 Å². The fourth-order valence-electron chi connectivity index (χ4n) is 3.40. The van der Waals surface area contributed by atoms with Gasteiger partial charge in [-0.05, 0) is 32.3 Å². The fraction of sp³-hybridized carbons (Fsp3) is 0.562. The fourth-order valence-corrected chi connectivity index (χ4v) is 3.40. The molecule has 2 N–H and O–H groups in total. The largest absolute Gasteiger partial charge is 0.479 e. The first-order chi connectivity index (χ1) is 10.9. The zero-order chi connectivity index (χ0) is 16.7. The molecular formula is C16H20N2O5. The Morgan fingerprint density at radius 3 is 2.70 bits per heavy atom. The molecule has 2 aliphatic rings. The van der Waals surface area contributed by atoms with Crippen molar-refractivity contribution < 1.29 is 24.2 Å². The van der Waals surface area contributed by atoms with Crippen molar-refractivity contribution >= 4 is 17.7 Å². The molecule has 124 valence electrons. The number of hydrogen-bond acceptors (Lipinski definition) is 4. The third-order valence-corrected chi connectivity index (χ3v) is 4.47. The van der Waals surface area contributed by atoms with Crippen molar-refractivity contribution in [3.8, 4) is 0 Å². The van der Waals surface area contributed by atoms with Gasteiger partial charge in [-0.15, -0.1) is 0 Å². The Balaban J connectivity index is 1.88. The molecule has 2 heterocycles. The Morgan fingerprint density at radius 1 is 1.30 bits per heavy atom. The summed E-state index contributed by atoms with van der Waals surface area (Å²) < 4.78 is 5.33. The summed E-state index contributed by atoms with van der Waals surface area (Å²) in [6, 6.07) is 0. The molecule has 1 fully saturated rings. The highest BCUT2D eigenvalue weighted by atomic mass is 16.5. The Bertz CT molecular complexity index is 678. The molecule has 0 bridgehead atoms. The van der Waals surface area contributed by atoms with Crippen LogP contribution in [0.25, 0.3) is 0 Å². The van der Waals surface area contributed by atoms with E-state index in [1.807, 2.05) is 0 Å². The maximum absolute atomic E-state index is 12.8. The van der Waals surface area contributed by atoms with E-state index in [1.165, 1.54) is 4.90 Å². The van der Waals surface area contributed by atoms with Crippen LogP contribution in [-0.4, -0.2) is 57.9 Å². The van der Waals surface area contributed by atoms with Gasteiger partial charge in [0.05, 0.1) is 12.6 Å². The number of nitrogens with one attached hydrogen (secondary N) is 1. The first kappa shape index (κ1) is 15.7. The molecule has 7 nitrogen and oxygen atoms in total. The number of aryl methyl sites for hydroxylation is 1. The second-order valence-corrected chi connectivity index (χ2v) is 6.24. The van der Waals surface area contributed by atoms with E-state index in [9.17, 15) is 14.4 Å². The molecule has 3 rings (SSSR count). The molecule has 23 heavy (non-hydrogen) atoms. The van der Waals surface area contributed by atoms with Crippen LogP contribution < -0.4 is 0 Å². The number of aliphatic carboxylic acids is 1. The summed E-state index contributed by atoms with van der Waals surface area (Å²) in [6.45, 7) is 3.85. The molecule has 1 aliphatic heterocycles. The monoisotopic (exact) mass is 320 g/mol. The number of aromatic nitrogens is 1. The van der Waals surface area contributed by atoms with Crippen LogP contribution in [0.1, 0.15) is 51.9 Å². The number of Topliss-reactive ketones (excluding diaryl/α,β-unsaturated/α-hetero) is 1. The molecular weight excluding hydrogens is 300 g/mol. The molecule has 0 aromatic carbocycles. The molecule has 1 saturated heterocycles. The Hall–Kier alpha value is -2.15. The van der Waals surface area contributed by atoms with Crippen molar-refractivity contribution in [2.75, 3.05) is 13.1 Å². The summed E-state index contributed by atoms with van der Waals surface area (Å²) in [7, 11) is 0. The number of carboxylic acid groups (broad SMARTS) is 1. The van der Waals surface area contributed by atoms with Crippen molar-refractivity contribution in [2.24, 2.45) is 0 Å². The van der Waals surface area contributed by atoms with Gasteiger partial charge in [0.1, 0.15) is 5.69 Å². The molecule has 0 saturated carbocycles. The number of nitrogens with zero attached hydrogens (tertiary/aromatic N) is 1. The number of H-pyrrole nitrogens is 1. The lowest BCUT2D eigenvalue weighted by Crippen LogP contribution is -2.52. The van der Waals surface area contributed by atoms with Gasteiger partial charge < -0.3 is 19.7 Å². The van der Waals surface area contributed by atoms with E-state index in [-0.39, 0.29) is 24.3 Å². The van der Waals surface area contributed by atoms with Crippen LogP contribution in [0.5, 0.6) is 0 Å². The van der Waals surface area contributed by atoms with Crippen LogP contribution in [0.15, 0.2) is 0 Å². The molecule has 1 aromatic heterocycles. The summed E-state index contributed by atoms with van der Waals surface area (Å²) >= 11 is 0. The molecule has 0 radical (unpaired) electrons. The molecule has 7 heteroatoms. The summed E-state index contributed by atoms with van der Waals surface area (Å²) in [5.74, 6) is -1.28. The summed E-state index contributed by atoms with van der Waals surface area (Å²) in [5.41, 5.74) is 2.51. The zero-order valence-electron chi connectivity index (χ0n) is 13.2. The predicted octanol–water partition coefficient (Wildman–Crippen LogP) is 1.16. The number of ketones is 1. The second-order valence-electron chi connectivity index (χ2n) is 6.24. The van der Waals surface area contributed by atoms with Crippen molar-refractivity contribution in [3.05, 3.63) is 22.5 Å². The van der Waals surface area contributed by atoms with Gasteiger partial charge >= 0.3 is 5.97 Å². The van der Waals surface area contributed by atoms with E-state index >= 15 is 0 Å².